The Bertz CT molecular complexity index is 638. The molecule has 0 atom stereocenters. The van der Waals surface area contributed by atoms with E-state index in [9.17, 15) is 18.0 Å². The van der Waals surface area contributed by atoms with Crippen molar-refractivity contribution in [1.29, 1.82) is 0 Å². The van der Waals surface area contributed by atoms with Crippen molar-refractivity contribution in [2.75, 3.05) is 0 Å². The van der Waals surface area contributed by atoms with Crippen LogP contribution in [-0.4, -0.2) is 6.29 Å². The van der Waals surface area contributed by atoms with E-state index in [-0.39, 0.29) is 10.5 Å². The third-order valence-corrected chi connectivity index (χ3v) is 4.15. The van der Waals surface area contributed by atoms with Crippen LogP contribution in [0.15, 0.2) is 47.4 Å². The minimum absolute atomic E-state index is 0.0122. The van der Waals surface area contributed by atoms with Crippen LogP contribution in [0.2, 0.25) is 5.02 Å². The van der Waals surface area contributed by atoms with Gasteiger partial charge in [0.25, 0.3) is 0 Å². The Morgan fingerprint density at radius 3 is 2.33 bits per heavy atom. The van der Waals surface area contributed by atoms with Crippen LogP contribution in [-0.2, 0) is 11.9 Å². The summed E-state index contributed by atoms with van der Waals surface area (Å²) in [6.45, 7) is 0. The zero-order chi connectivity index (χ0) is 15.5. The van der Waals surface area contributed by atoms with Crippen molar-refractivity contribution in [3.05, 3.63) is 64.2 Å². The Morgan fingerprint density at radius 1 is 1.10 bits per heavy atom. The first-order valence-corrected chi connectivity index (χ1v) is 7.30. The van der Waals surface area contributed by atoms with Gasteiger partial charge in [0.1, 0.15) is 6.29 Å². The smallest absolute Gasteiger partial charge is 0.298 e. The van der Waals surface area contributed by atoms with Gasteiger partial charge >= 0.3 is 6.18 Å². The average molecular weight is 331 g/mol. The summed E-state index contributed by atoms with van der Waals surface area (Å²) in [5.74, 6) is 0.390. The van der Waals surface area contributed by atoms with Crippen molar-refractivity contribution in [3.63, 3.8) is 0 Å². The number of halogens is 4. The highest BCUT2D eigenvalue weighted by Crippen LogP contribution is 2.38. The number of rotatable bonds is 4. The summed E-state index contributed by atoms with van der Waals surface area (Å²) in [5, 5.41) is 0.579. The second-order valence-electron chi connectivity index (χ2n) is 4.29. The summed E-state index contributed by atoms with van der Waals surface area (Å²) in [4.78, 5) is 10.7. The average Bonchev–Trinajstić information content (AvgIpc) is 2.45. The van der Waals surface area contributed by atoms with Gasteiger partial charge in [0.15, 0.2) is 0 Å². The van der Waals surface area contributed by atoms with Gasteiger partial charge in [0.2, 0.25) is 0 Å². The highest BCUT2D eigenvalue weighted by atomic mass is 35.5. The SMILES string of the molecule is O=Cc1ccc(SCc2ccc(Cl)cc2)c(C(F)(F)F)c1. The van der Waals surface area contributed by atoms with Gasteiger partial charge in [-0.3, -0.25) is 4.79 Å². The van der Waals surface area contributed by atoms with E-state index in [1.54, 1.807) is 24.3 Å². The van der Waals surface area contributed by atoms with Crippen molar-refractivity contribution in [1.82, 2.24) is 0 Å². The lowest BCUT2D eigenvalue weighted by molar-refractivity contribution is -0.139. The van der Waals surface area contributed by atoms with Gasteiger partial charge in [-0.1, -0.05) is 29.8 Å². The molecular formula is C15H10ClF3OS. The normalized spacial score (nSPS) is 11.4. The van der Waals surface area contributed by atoms with Crippen LogP contribution in [0.25, 0.3) is 0 Å². The molecule has 2 aromatic carbocycles. The first kappa shape index (κ1) is 15.9. The van der Waals surface area contributed by atoms with Gasteiger partial charge in [-0.2, -0.15) is 13.2 Å². The molecule has 0 N–H and O–H groups in total. The van der Waals surface area contributed by atoms with Crippen LogP contribution in [0.5, 0.6) is 0 Å². The largest absolute Gasteiger partial charge is 0.417 e. The van der Waals surface area contributed by atoms with Crippen molar-refractivity contribution < 1.29 is 18.0 Å². The fourth-order valence-electron chi connectivity index (χ4n) is 1.71. The summed E-state index contributed by atoms with van der Waals surface area (Å²) in [5.41, 5.74) is 0.0984. The molecule has 0 heterocycles. The molecule has 0 amide bonds. The van der Waals surface area contributed by atoms with E-state index < -0.39 is 11.7 Å². The molecule has 2 aromatic rings. The Kier molecular flexibility index (Phi) is 4.96. The summed E-state index contributed by atoms with van der Waals surface area (Å²) in [6, 6.07) is 10.5. The standard InChI is InChI=1S/C15H10ClF3OS/c16-12-4-1-10(2-5-12)9-21-14-6-3-11(8-20)7-13(14)15(17,18)19/h1-8H,9H2. The number of thioether (sulfide) groups is 1. The third kappa shape index (κ3) is 4.25. The molecule has 0 aliphatic carbocycles. The van der Waals surface area contributed by atoms with Crippen LogP contribution < -0.4 is 0 Å². The molecule has 0 spiro atoms. The Morgan fingerprint density at radius 2 is 1.76 bits per heavy atom. The molecule has 0 aliphatic rings. The molecule has 0 unspecified atom stereocenters. The summed E-state index contributed by atoms with van der Waals surface area (Å²) < 4.78 is 39.0. The van der Waals surface area contributed by atoms with Gasteiger partial charge in [-0.25, -0.2) is 0 Å². The lowest BCUT2D eigenvalue weighted by Gasteiger charge is -2.13. The quantitative estimate of drug-likeness (QED) is 0.546. The lowest BCUT2D eigenvalue weighted by atomic mass is 10.1. The molecular weight excluding hydrogens is 321 g/mol. The predicted octanol–water partition coefficient (Wildman–Crippen LogP) is 5.46. The zero-order valence-corrected chi connectivity index (χ0v) is 12.2. The van der Waals surface area contributed by atoms with E-state index in [0.29, 0.717) is 17.1 Å². The Labute approximate surface area is 129 Å². The monoisotopic (exact) mass is 330 g/mol. The second kappa shape index (κ2) is 6.54. The molecule has 2 rings (SSSR count). The summed E-state index contributed by atoms with van der Waals surface area (Å²) >= 11 is 6.83. The van der Waals surface area contributed by atoms with E-state index >= 15 is 0 Å². The number of hydrogen-bond donors (Lipinski definition) is 0. The molecule has 0 fully saturated rings. The van der Waals surface area contributed by atoms with Crippen LogP contribution in [0, 0.1) is 0 Å². The predicted molar refractivity (Wildman–Crippen MR) is 77.8 cm³/mol. The van der Waals surface area contributed by atoms with Gasteiger partial charge in [-0.05, 0) is 29.8 Å². The van der Waals surface area contributed by atoms with Gasteiger partial charge in [0.05, 0.1) is 5.56 Å². The number of hydrogen-bond acceptors (Lipinski definition) is 2. The fraction of sp³-hybridized carbons (Fsp3) is 0.133. The topological polar surface area (TPSA) is 17.1 Å². The van der Waals surface area contributed by atoms with Crippen molar-refractivity contribution >= 4 is 29.6 Å². The van der Waals surface area contributed by atoms with Crippen LogP contribution >= 0.6 is 23.4 Å². The molecule has 0 aliphatic heterocycles. The molecule has 21 heavy (non-hydrogen) atoms. The minimum Gasteiger partial charge on any atom is -0.298 e. The van der Waals surface area contributed by atoms with E-state index in [2.05, 4.69) is 0 Å². The Hall–Kier alpha value is -1.46. The van der Waals surface area contributed by atoms with Crippen LogP contribution in [0.4, 0.5) is 13.2 Å². The maximum atomic E-state index is 13.0. The van der Waals surface area contributed by atoms with Crippen LogP contribution in [0.3, 0.4) is 0 Å². The first-order valence-electron chi connectivity index (χ1n) is 5.94. The van der Waals surface area contributed by atoms with E-state index in [0.717, 1.165) is 23.4 Å². The molecule has 0 saturated heterocycles. The van der Waals surface area contributed by atoms with E-state index in [4.69, 9.17) is 11.6 Å². The summed E-state index contributed by atoms with van der Waals surface area (Å²) in [6.07, 6.45) is -4.08. The number of alkyl halides is 3. The highest BCUT2D eigenvalue weighted by Gasteiger charge is 2.33. The van der Waals surface area contributed by atoms with Crippen molar-refractivity contribution in [2.45, 2.75) is 16.8 Å². The number of carbonyl (C=O) groups excluding carboxylic acids is 1. The maximum Gasteiger partial charge on any atom is 0.417 e. The zero-order valence-electron chi connectivity index (χ0n) is 10.7. The van der Waals surface area contributed by atoms with E-state index in [1.807, 2.05) is 0 Å². The van der Waals surface area contributed by atoms with Gasteiger partial charge in [-0.15, -0.1) is 11.8 Å². The molecule has 110 valence electrons. The van der Waals surface area contributed by atoms with Crippen LogP contribution in [0.1, 0.15) is 21.5 Å². The third-order valence-electron chi connectivity index (χ3n) is 2.75. The molecule has 0 saturated carbocycles. The Balaban J connectivity index is 2.23. The fourth-order valence-corrected chi connectivity index (χ4v) is 2.85. The van der Waals surface area contributed by atoms with Crippen molar-refractivity contribution in [2.24, 2.45) is 0 Å². The molecule has 0 bridgehead atoms. The molecule has 0 radical (unpaired) electrons. The maximum absolute atomic E-state index is 13.0. The molecule has 0 aromatic heterocycles. The highest BCUT2D eigenvalue weighted by molar-refractivity contribution is 7.98. The van der Waals surface area contributed by atoms with Gasteiger partial charge < -0.3 is 0 Å². The second-order valence-corrected chi connectivity index (χ2v) is 5.74. The molecule has 1 nitrogen and oxygen atoms in total. The molecule has 6 heteroatoms. The van der Waals surface area contributed by atoms with E-state index in [1.165, 1.54) is 12.1 Å². The van der Waals surface area contributed by atoms with Gasteiger partial charge in [0, 0.05) is 21.2 Å². The first-order chi connectivity index (χ1) is 9.90. The van der Waals surface area contributed by atoms with Crippen molar-refractivity contribution in [3.8, 4) is 0 Å². The lowest BCUT2D eigenvalue weighted by Crippen LogP contribution is -2.07. The number of carbonyl (C=O) groups is 1. The number of benzene rings is 2. The summed E-state index contributed by atoms with van der Waals surface area (Å²) in [7, 11) is 0. The minimum atomic E-state index is -4.48. The number of aldehydes is 1.